The summed E-state index contributed by atoms with van der Waals surface area (Å²) in [4.78, 5) is 22.5. The van der Waals surface area contributed by atoms with Crippen LogP contribution >= 0.6 is 0 Å². The van der Waals surface area contributed by atoms with Gasteiger partial charge in [-0.05, 0) is 13.8 Å². The van der Waals surface area contributed by atoms with Gasteiger partial charge in [0.25, 0.3) is 5.69 Å². The quantitative estimate of drug-likeness (QED) is 0.461. The second-order valence-corrected chi connectivity index (χ2v) is 4.16. The second-order valence-electron chi connectivity index (χ2n) is 4.16. The van der Waals surface area contributed by atoms with Crippen molar-refractivity contribution < 1.29 is 14.5 Å². The number of nitro groups is 1. The molecule has 0 aliphatic heterocycles. The molecule has 0 aliphatic carbocycles. The van der Waals surface area contributed by atoms with E-state index in [0.29, 0.717) is 0 Å². The Morgan fingerprint density at radius 3 is 2.68 bits per heavy atom. The van der Waals surface area contributed by atoms with Gasteiger partial charge in [-0.25, -0.2) is 0 Å². The van der Waals surface area contributed by atoms with Crippen LogP contribution in [0.4, 0.5) is 5.69 Å². The molecule has 19 heavy (non-hydrogen) atoms. The Labute approximate surface area is 110 Å². The zero-order valence-corrected chi connectivity index (χ0v) is 10.8. The summed E-state index contributed by atoms with van der Waals surface area (Å²) < 4.78 is 4.94. The minimum absolute atomic E-state index is 0.153. The fraction of sp³-hybridized carbons (Fsp3) is 0.385. The Bertz CT molecular complexity index is 536. The Kier molecular flexibility index (Phi) is 4.59. The van der Waals surface area contributed by atoms with Crippen molar-refractivity contribution in [1.82, 2.24) is 0 Å². The van der Waals surface area contributed by atoms with Crippen molar-refractivity contribution in [2.45, 2.75) is 25.7 Å². The number of nitriles is 1. The van der Waals surface area contributed by atoms with Gasteiger partial charge < -0.3 is 4.74 Å². The highest BCUT2D eigenvalue weighted by Crippen LogP contribution is 2.35. The highest BCUT2D eigenvalue weighted by Gasteiger charge is 2.41. The number of rotatable bonds is 5. The van der Waals surface area contributed by atoms with Crippen LogP contribution in [-0.4, -0.2) is 17.5 Å². The van der Waals surface area contributed by atoms with Crippen LogP contribution in [0.2, 0.25) is 0 Å². The third kappa shape index (κ3) is 2.88. The topological polar surface area (TPSA) is 93.2 Å². The maximum atomic E-state index is 12.0. The molecule has 0 fully saturated rings. The molecule has 0 heterocycles. The summed E-state index contributed by atoms with van der Waals surface area (Å²) in [6, 6.07) is 7.78. The standard InChI is InChI=1S/C13H14N2O4/c1-3-19-12(16)13(2,8-9-14)10-6-4-5-7-11(10)15(17)18/h4-7H,3,8H2,1-2H3. The van der Waals surface area contributed by atoms with Gasteiger partial charge in [-0.2, -0.15) is 5.26 Å². The summed E-state index contributed by atoms with van der Waals surface area (Å²) in [5.74, 6) is -0.633. The van der Waals surface area contributed by atoms with Gasteiger partial charge >= 0.3 is 5.97 Å². The number of nitro benzene ring substituents is 1. The number of esters is 1. The summed E-state index contributed by atoms with van der Waals surface area (Å²) in [5.41, 5.74) is -1.33. The molecule has 100 valence electrons. The first kappa shape index (κ1) is 14.6. The van der Waals surface area contributed by atoms with E-state index in [9.17, 15) is 14.9 Å². The molecule has 0 N–H and O–H groups in total. The lowest BCUT2D eigenvalue weighted by Crippen LogP contribution is -2.34. The molecule has 0 saturated carbocycles. The van der Waals surface area contributed by atoms with Gasteiger partial charge in [-0.3, -0.25) is 14.9 Å². The number of para-hydroxylation sites is 1. The van der Waals surface area contributed by atoms with Crippen LogP contribution in [0.3, 0.4) is 0 Å². The number of ether oxygens (including phenoxy) is 1. The molecule has 6 heteroatoms. The van der Waals surface area contributed by atoms with E-state index >= 15 is 0 Å². The molecule has 0 aliphatic rings. The SMILES string of the molecule is CCOC(=O)C(C)(CC#N)c1ccccc1[N+](=O)[O-]. The molecule has 6 nitrogen and oxygen atoms in total. The van der Waals surface area contributed by atoms with Crippen molar-refractivity contribution in [3.63, 3.8) is 0 Å². The number of benzene rings is 1. The Balaban J connectivity index is 3.38. The van der Waals surface area contributed by atoms with E-state index in [1.54, 1.807) is 13.0 Å². The first-order valence-corrected chi connectivity index (χ1v) is 5.75. The van der Waals surface area contributed by atoms with Crippen LogP contribution in [0.5, 0.6) is 0 Å². The van der Waals surface area contributed by atoms with Gasteiger partial charge in [-0.15, -0.1) is 0 Å². The summed E-state index contributed by atoms with van der Waals surface area (Å²) in [6.45, 7) is 3.28. The van der Waals surface area contributed by atoms with Crippen LogP contribution in [0, 0.1) is 21.4 Å². The van der Waals surface area contributed by atoms with Crippen molar-refractivity contribution in [1.29, 1.82) is 5.26 Å². The van der Waals surface area contributed by atoms with Crippen LogP contribution in [-0.2, 0) is 14.9 Å². The third-order valence-corrected chi connectivity index (χ3v) is 2.85. The Morgan fingerprint density at radius 1 is 1.53 bits per heavy atom. The Hall–Kier alpha value is -2.42. The van der Waals surface area contributed by atoms with Gasteiger partial charge in [0.1, 0.15) is 5.41 Å². The molecule has 1 rings (SSSR count). The van der Waals surface area contributed by atoms with E-state index in [1.807, 2.05) is 6.07 Å². The largest absolute Gasteiger partial charge is 0.465 e. The highest BCUT2D eigenvalue weighted by molar-refractivity contribution is 5.84. The van der Waals surface area contributed by atoms with Crippen molar-refractivity contribution in [3.8, 4) is 6.07 Å². The summed E-state index contributed by atoms with van der Waals surface area (Å²) in [5, 5.41) is 19.9. The zero-order chi connectivity index (χ0) is 14.5. The summed E-state index contributed by atoms with van der Waals surface area (Å²) in [6.07, 6.45) is -0.184. The maximum absolute atomic E-state index is 12.0. The molecule has 0 bridgehead atoms. The normalized spacial score (nSPS) is 13.1. The van der Waals surface area contributed by atoms with E-state index < -0.39 is 16.3 Å². The average Bonchev–Trinajstić information content (AvgIpc) is 2.39. The molecular weight excluding hydrogens is 248 g/mol. The second kappa shape index (κ2) is 5.96. The summed E-state index contributed by atoms with van der Waals surface area (Å²) >= 11 is 0. The van der Waals surface area contributed by atoms with Crippen molar-refractivity contribution >= 4 is 11.7 Å². The summed E-state index contributed by atoms with van der Waals surface area (Å²) in [7, 11) is 0. The smallest absolute Gasteiger partial charge is 0.317 e. The molecule has 0 amide bonds. The number of hydrogen-bond donors (Lipinski definition) is 0. The molecular formula is C13H14N2O4. The van der Waals surface area contributed by atoms with Crippen LogP contribution in [0.25, 0.3) is 0 Å². The van der Waals surface area contributed by atoms with Gasteiger partial charge in [0, 0.05) is 11.6 Å². The molecule has 1 aromatic rings. The van der Waals surface area contributed by atoms with Crippen LogP contribution < -0.4 is 0 Å². The zero-order valence-electron chi connectivity index (χ0n) is 10.8. The first-order chi connectivity index (χ1) is 8.97. The lowest BCUT2D eigenvalue weighted by Gasteiger charge is -2.24. The predicted octanol–water partition coefficient (Wildman–Crippen LogP) is 2.33. The van der Waals surface area contributed by atoms with Crippen molar-refractivity contribution in [2.75, 3.05) is 6.61 Å². The van der Waals surface area contributed by atoms with Crippen molar-refractivity contribution in [3.05, 3.63) is 39.9 Å². The van der Waals surface area contributed by atoms with Crippen LogP contribution in [0.15, 0.2) is 24.3 Å². The number of nitrogens with zero attached hydrogens (tertiary/aromatic N) is 2. The van der Waals surface area contributed by atoms with E-state index in [1.165, 1.54) is 25.1 Å². The Morgan fingerprint density at radius 2 is 2.16 bits per heavy atom. The number of hydrogen-bond acceptors (Lipinski definition) is 5. The van der Waals surface area contributed by atoms with Gasteiger partial charge in [0.2, 0.25) is 0 Å². The number of carbonyl (C=O) groups is 1. The molecule has 0 spiro atoms. The maximum Gasteiger partial charge on any atom is 0.317 e. The lowest BCUT2D eigenvalue weighted by molar-refractivity contribution is -0.386. The molecule has 0 saturated heterocycles. The fourth-order valence-electron chi connectivity index (χ4n) is 1.83. The van der Waals surface area contributed by atoms with E-state index in [0.717, 1.165) is 0 Å². The fourth-order valence-corrected chi connectivity index (χ4v) is 1.83. The minimum atomic E-state index is -1.34. The molecule has 0 aromatic heterocycles. The molecule has 1 atom stereocenters. The third-order valence-electron chi connectivity index (χ3n) is 2.85. The first-order valence-electron chi connectivity index (χ1n) is 5.75. The van der Waals surface area contributed by atoms with Crippen molar-refractivity contribution in [2.24, 2.45) is 0 Å². The lowest BCUT2D eigenvalue weighted by atomic mass is 9.79. The minimum Gasteiger partial charge on any atom is -0.465 e. The van der Waals surface area contributed by atoms with Gasteiger partial charge in [0.05, 0.1) is 24.0 Å². The molecule has 0 radical (unpaired) electrons. The van der Waals surface area contributed by atoms with E-state index in [4.69, 9.17) is 10.00 Å². The average molecular weight is 262 g/mol. The number of carbonyl (C=O) groups excluding carboxylic acids is 1. The molecule has 1 unspecified atom stereocenters. The van der Waals surface area contributed by atoms with E-state index in [2.05, 4.69) is 0 Å². The molecule has 1 aromatic carbocycles. The monoisotopic (exact) mass is 262 g/mol. The van der Waals surface area contributed by atoms with Gasteiger partial charge in [-0.1, -0.05) is 18.2 Å². The highest BCUT2D eigenvalue weighted by atomic mass is 16.6. The van der Waals surface area contributed by atoms with E-state index in [-0.39, 0.29) is 24.3 Å². The van der Waals surface area contributed by atoms with Crippen LogP contribution in [0.1, 0.15) is 25.8 Å². The predicted molar refractivity (Wildman–Crippen MR) is 67.3 cm³/mol. The van der Waals surface area contributed by atoms with Gasteiger partial charge in [0.15, 0.2) is 0 Å².